The van der Waals surface area contributed by atoms with E-state index in [-0.39, 0.29) is 11.2 Å². The molecule has 0 bridgehead atoms. The maximum atomic E-state index is 11.6. The van der Waals surface area contributed by atoms with Gasteiger partial charge in [0.1, 0.15) is 0 Å². The third-order valence-corrected chi connectivity index (χ3v) is 2.62. The molecule has 0 aromatic heterocycles. The molecule has 72 valence electrons. The second kappa shape index (κ2) is 3.54. The Kier molecular flexibility index (Phi) is 2.38. The van der Waals surface area contributed by atoms with Crippen molar-refractivity contribution in [2.24, 2.45) is 4.99 Å². The van der Waals surface area contributed by atoms with Crippen molar-refractivity contribution in [1.29, 1.82) is 0 Å². The highest BCUT2D eigenvalue weighted by molar-refractivity contribution is 6.43. The second-order valence-corrected chi connectivity index (χ2v) is 3.69. The average molecular weight is 208 g/mol. The Morgan fingerprint density at radius 1 is 1.57 bits per heavy atom. The fourth-order valence-electron chi connectivity index (χ4n) is 1.50. The number of hydrogen-bond donors (Lipinski definition) is 0. The number of fused-ring (bicyclic) bond motifs is 1. The molecule has 0 aromatic carbocycles. The predicted molar refractivity (Wildman–Crippen MR) is 57.7 cm³/mol. The number of halogens is 1. The number of rotatable bonds is 1. The number of carbonyl (C=O) groups excluding carboxylic acids is 1. The zero-order chi connectivity index (χ0) is 10.1. The molecule has 14 heavy (non-hydrogen) atoms. The molecule has 1 atom stereocenters. The van der Waals surface area contributed by atoms with Gasteiger partial charge in [0.25, 0.3) is 0 Å². The summed E-state index contributed by atoms with van der Waals surface area (Å²) in [5, 5.41) is -0.269. The van der Waals surface area contributed by atoms with Crippen molar-refractivity contribution in [2.45, 2.75) is 18.7 Å². The first-order chi connectivity index (χ1) is 6.72. The predicted octanol–water partition coefficient (Wildman–Crippen LogP) is 2.41. The molecular weight excluding hydrogens is 198 g/mol. The van der Waals surface area contributed by atoms with E-state index < -0.39 is 0 Å². The van der Waals surface area contributed by atoms with Gasteiger partial charge in [0.15, 0.2) is 5.78 Å². The summed E-state index contributed by atoms with van der Waals surface area (Å²) in [7, 11) is 0. The molecule has 1 aliphatic carbocycles. The minimum Gasteiger partial charge on any atom is -0.289 e. The van der Waals surface area contributed by atoms with E-state index in [4.69, 9.17) is 11.6 Å². The van der Waals surface area contributed by atoms with Crippen LogP contribution >= 0.6 is 11.6 Å². The van der Waals surface area contributed by atoms with Crippen molar-refractivity contribution in [1.82, 2.24) is 0 Å². The zero-order valence-corrected chi connectivity index (χ0v) is 8.58. The van der Waals surface area contributed by atoms with Gasteiger partial charge in [0.2, 0.25) is 0 Å². The summed E-state index contributed by atoms with van der Waals surface area (Å²) >= 11 is 6.04. The van der Waals surface area contributed by atoms with E-state index in [1.165, 1.54) is 0 Å². The van der Waals surface area contributed by atoms with Gasteiger partial charge in [0, 0.05) is 17.3 Å². The molecule has 2 rings (SSSR count). The van der Waals surface area contributed by atoms with Gasteiger partial charge in [-0.3, -0.25) is 9.79 Å². The maximum Gasteiger partial charge on any atom is 0.189 e. The second-order valence-electron chi connectivity index (χ2n) is 3.22. The largest absolute Gasteiger partial charge is 0.289 e. The van der Waals surface area contributed by atoms with Gasteiger partial charge in [-0.15, -0.1) is 11.6 Å². The Hall–Kier alpha value is -1.15. The van der Waals surface area contributed by atoms with E-state index >= 15 is 0 Å². The maximum absolute atomic E-state index is 11.6. The highest BCUT2D eigenvalue weighted by Crippen LogP contribution is 2.23. The Morgan fingerprint density at radius 3 is 3.07 bits per heavy atom. The van der Waals surface area contributed by atoms with Crippen LogP contribution in [0.2, 0.25) is 0 Å². The molecule has 1 heterocycles. The molecule has 2 aliphatic rings. The number of hydrogen-bond acceptors (Lipinski definition) is 2. The molecule has 1 aliphatic heterocycles. The standard InChI is InChI=1S/C11H10ClNO/c1-2-7-6-10(14)8-4-3-5-9(12)11(8)13-7/h3-6,9H,2H2,1H3. The fourth-order valence-corrected chi connectivity index (χ4v) is 1.75. The lowest BCUT2D eigenvalue weighted by atomic mass is 9.95. The van der Waals surface area contributed by atoms with Gasteiger partial charge in [-0.1, -0.05) is 19.1 Å². The molecule has 0 spiro atoms. The zero-order valence-electron chi connectivity index (χ0n) is 7.83. The quantitative estimate of drug-likeness (QED) is 0.608. The van der Waals surface area contributed by atoms with Crippen LogP contribution in [0.1, 0.15) is 13.3 Å². The van der Waals surface area contributed by atoms with Gasteiger partial charge in [0.05, 0.1) is 11.1 Å². The van der Waals surface area contributed by atoms with E-state index in [9.17, 15) is 4.79 Å². The summed E-state index contributed by atoms with van der Waals surface area (Å²) in [5.41, 5.74) is 2.13. The molecule has 0 radical (unpaired) electrons. The number of alkyl halides is 1. The van der Waals surface area contributed by atoms with Crippen LogP contribution in [0.5, 0.6) is 0 Å². The van der Waals surface area contributed by atoms with Crippen LogP contribution in [0.15, 0.2) is 40.6 Å². The molecule has 1 unspecified atom stereocenters. The number of ketones is 1. The number of carbonyl (C=O) groups is 1. The van der Waals surface area contributed by atoms with Gasteiger partial charge < -0.3 is 0 Å². The molecule has 3 heteroatoms. The molecule has 0 aromatic rings. The first-order valence-electron chi connectivity index (χ1n) is 4.58. The van der Waals surface area contributed by atoms with E-state index in [0.717, 1.165) is 12.1 Å². The first-order valence-corrected chi connectivity index (χ1v) is 5.02. The Balaban J connectivity index is 2.46. The van der Waals surface area contributed by atoms with E-state index in [1.54, 1.807) is 18.2 Å². The monoisotopic (exact) mass is 207 g/mol. The minimum absolute atomic E-state index is 0.0156. The van der Waals surface area contributed by atoms with Gasteiger partial charge in [-0.2, -0.15) is 0 Å². The molecule has 0 fully saturated rings. The Bertz CT molecular complexity index is 402. The topological polar surface area (TPSA) is 29.4 Å². The van der Waals surface area contributed by atoms with Crippen LogP contribution in [-0.4, -0.2) is 16.9 Å². The van der Waals surface area contributed by atoms with Crippen molar-refractivity contribution in [3.05, 3.63) is 35.6 Å². The van der Waals surface area contributed by atoms with Crippen LogP contribution in [-0.2, 0) is 4.79 Å². The summed E-state index contributed by atoms with van der Waals surface area (Å²) in [6, 6.07) is 0. The van der Waals surface area contributed by atoms with Crippen molar-refractivity contribution in [3.63, 3.8) is 0 Å². The van der Waals surface area contributed by atoms with Gasteiger partial charge >= 0.3 is 0 Å². The molecule has 2 nitrogen and oxygen atoms in total. The third kappa shape index (κ3) is 1.46. The first kappa shape index (κ1) is 9.41. The molecule has 0 N–H and O–H groups in total. The van der Waals surface area contributed by atoms with Crippen LogP contribution < -0.4 is 0 Å². The lowest BCUT2D eigenvalue weighted by Crippen LogP contribution is -2.25. The highest BCUT2D eigenvalue weighted by Gasteiger charge is 2.25. The Morgan fingerprint density at radius 2 is 2.36 bits per heavy atom. The average Bonchev–Trinajstić information content (AvgIpc) is 2.19. The highest BCUT2D eigenvalue weighted by atomic mass is 35.5. The van der Waals surface area contributed by atoms with Crippen LogP contribution in [0.25, 0.3) is 0 Å². The van der Waals surface area contributed by atoms with Crippen molar-refractivity contribution >= 4 is 23.1 Å². The molecule has 0 saturated heterocycles. The number of nitrogens with zero attached hydrogens (tertiary/aromatic N) is 1. The normalized spacial score (nSPS) is 25.1. The lowest BCUT2D eigenvalue weighted by molar-refractivity contribution is -0.111. The lowest BCUT2D eigenvalue weighted by Gasteiger charge is -2.18. The minimum atomic E-state index is -0.269. The fraction of sp³-hybridized carbons (Fsp3) is 0.273. The molecule has 0 amide bonds. The number of allylic oxidation sites excluding steroid dienone is 6. The SMILES string of the molecule is CCC1=CC(=O)C2=CC=CC(Cl)C2=N1. The van der Waals surface area contributed by atoms with Crippen LogP contribution in [0.3, 0.4) is 0 Å². The summed E-state index contributed by atoms with van der Waals surface area (Å²) in [5.74, 6) is 0.0156. The Labute approximate surface area is 87.7 Å². The number of aliphatic imine (C=N–C) groups is 1. The van der Waals surface area contributed by atoms with Gasteiger partial charge in [-0.25, -0.2) is 0 Å². The van der Waals surface area contributed by atoms with Crippen molar-refractivity contribution in [3.8, 4) is 0 Å². The van der Waals surface area contributed by atoms with Crippen LogP contribution in [0, 0.1) is 0 Å². The van der Waals surface area contributed by atoms with Crippen molar-refractivity contribution in [2.75, 3.05) is 0 Å². The summed E-state index contributed by atoms with van der Waals surface area (Å²) in [4.78, 5) is 16.0. The van der Waals surface area contributed by atoms with Gasteiger partial charge in [-0.05, 0) is 12.5 Å². The van der Waals surface area contributed by atoms with Crippen molar-refractivity contribution < 1.29 is 4.79 Å². The smallest absolute Gasteiger partial charge is 0.189 e. The van der Waals surface area contributed by atoms with Crippen LogP contribution in [0.4, 0.5) is 0 Å². The molecular formula is C11H10ClNO. The van der Waals surface area contributed by atoms with E-state index in [0.29, 0.717) is 11.3 Å². The molecule has 0 saturated carbocycles. The van der Waals surface area contributed by atoms with E-state index in [2.05, 4.69) is 4.99 Å². The third-order valence-electron chi connectivity index (χ3n) is 2.27. The van der Waals surface area contributed by atoms with E-state index in [1.807, 2.05) is 13.0 Å². The summed E-state index contributed by atoms with van der Waals surface area (Å²) in [6.07, 6.45) is 7.74. The summed E-state index contributed by atoms with van der Waals surface area (Å²) < 4.78 is 0. The summed E-state index contributed by atoms with van der Waals surface area (Å²) in [6.45, 7) is 1.97.